The summed E-state index contributed by atoms with van der Waals surface area (Å²) in [4.78, 5) is 14.5. The molecular formula is C18H22N4O3. The Kier molecular flexibility index (Phi) is 7.40. The molecule has 7 heteroatoms. The summed E-state index contributed by atoms with van der Waals surface area (Å²) in [5.41, 5.74) is 2.03. The van der Waals surface area contributed by atoms with Gasteiger partial charge in [0.05, 0.1) is 18.1 Å². The van der Waals surface area contributed by atoms with Crippen molar-refractivity contribution in [3.8, 4) is 0 Å². The van der Waals surface area contributed by atoms with Crippen LogP contribution in [0.15, 0.2) is 59.6 Å². The number of benzene rings is 2. The van der Waals surface area contributed by atoms with Crippen LogP contribution in [0.3, 0.4) is 0 Å². The molecule has 0 saturated carbocycles. The van der Waals surface area contributed by atoms with Crippen molar-refractivity contribution in [1.29, 1.82) is 0 Å². The third kappa shape index (κ3) is 6.60. The fourth-order valence-electron chi connectivity index (χ4n) is 2.19. The van der Waals surface area contributed by atoms with Crippen molar-refractivity contribution in [3.05, 3.63) is 75.8 Å². The molecule has 0 heterocycles. The van der Waals surface area contributed by atoms with E-state index in [1.165, 1.54) is 6.07 Å². The minimum atomic E-state index is -0.402. The van der Waals surface area contributed by atoms with Crippen LogP contribution in [-0.4, -0.2) is 31.1 Å². The number of hydrogen-bond acceptors (Lipinski definition) is 4. The van der Waals surface area contributed by atoms with Gasteiger partial charge in [-0.1, -0.05) is 42.5 Å². The lowest BCUT2D eigenvalue weighted by atomic mass is 10.2. The molecule has 2 aromatic rings. The number of rotatable bonds is 8. The molecule has 0 aliphatic heterocycles. The van der Waals surface area contributed by atoms with E-state index in [0.717, 1.165) is 11.1 Å². The molecule has 2 aromatic carbocycles. The van der Waals surface area contributed by atoms with Crippen LogP contribution in [0, 0.1) is 10.1 Å². The van der Waals surface area contributed by atoms with E-state index in [-0.39, 0.29) is 5.69 Å². The highest BCUT2D eigenvalue weighted by Gasteiger charge is 2.06. The second-order valence-corrected chi connectivity index (χ2v) is 5.32. The van der Waals surface area contributed by atoms with Crippen LogP contribution < -0.4 is 10.6 Å². The van der Waals surface area contributed by atoms with Crippen LogP contribution in [0.25, 0.3) is 0 Å². The van der Waals surface area contributed by atoms with Crippen molar-refractivity contribution in [2.45, 2.75) is 13.2 Å². The Morgan fingerprint density at radius 1 is 1.12 bits per heavy atom. The van der Waals surface area contributed by atoms with Gasteiger partial charge in [0.25, 0.3) is 5.69 Å². The van der Waals surface area contributed by atoms with Crippen molar-refractivity contribution >= 4 is 11.6 Å². The van der Waals surface area contributed by atoms with E-state index in [1.807, 2.05) is 36.4 Å². The Morgan fingerprint density at radius 3 is 2.60 bits per heavy atom. The van der Waals surface area contributed by atoms with Crippen LogP contribution >= 0.6 is 0 Å². The maximum atomic E-state index is 10.8. The zero-order valence-electron chi connectivity index (χ0n) is 14.1. The molecule has 0 spiro atoms. The molecule has 2 N–H and O–H groups in total. The molecule has 0 bridgehead atoms. The highest BCUT2D eigenvalue weighted by atomic mass is 16.6. The number of hydrogen-bond donors (Lipinski definition) is 2. The summed E-state index contributed by atoms with van der Waals surface area (Å²) in [6.45, 7) is 2.18. The van der Waals surface area contributed by atoms with Crippen LogP contribution in [0.1, 0.15) is 11.1 Å². The fraction of sp³-hybridized carbons (Fsp3) is 0.278. The third-order valence-electron chi connectivity index (χ3n) is 3.46. The van der Waals surface area contributed by atoms with Gasteiger partial charge in [-0.2, -0.15) is 0 Å². The molecule has 0 aliphatic rings. The highest BCUT2D eigenvalue weighted by Crippen LogP contribution is 2.12. The molecule has 0 fully saturated rings. The van der Waals surface area contributed by atoms with E-state index in [0.29, 0.717) is 32.3 Å². The van der Waals surface area contributed by atoms with Crippen LogP contribution in [0.5, 0.6) is 0 Å². The zero-order chi connectivity index (χ0) is 17.9. The van der Waals surface area contributed by atoms with E-state index in [9.17, 15) is 10.1 Å². The monoisotopic (exact) mass is 342 g/mol. The smallest absolute Gasteiger partial charge is 0.269 e. The first kappa shape index (κ1) is 18.4. The van der Waals surface area contributed by atoms with Crippen LogP contribution in [0.2, 0.25) is 0 Å². The number of nitrogens with one attached hydrogen (secondary N) is 2. The number of aliphatic imine (C=N–C) groups is 1. The molecule has 0 aliphatic carbocycles. The molecular weight excluding hydrogens is 320 g/mol. The summed E-state index contributed by atoms with van der Waals surface area (Å²) >= 11 is 0. The first-order valence-electron chi connectivity index (χ1n) is 7.98. The van der Waals surface area contributed by atoms with Gasteiger partial charge in [-0.15, -0.1) is 0 Å². The SMILES string of the molecule is CN=C(NCCOCc1ccccc1)NCc1cccc([N+](=O)[O-])c1. The van der Waals surface area contributed by atoms with Gasteiger partial charge in [-0.05, 0) is 11.1 Å². The Bertz CT molecular complexity index is 704. The molecule has 0 atom stereocenters. The lowest BCUT2D eigenvalue weighted by Gasteiger charge is -2.12. The second-order valence-electron chi connectivity index (χ2n) is 5.32. The summed E-state index contributed by atoms with van der Waals surface area (Å²) in [7, 11) is 1.67. The van der Waals surface area contributed by atoms with Gasteiger partial charge >= 0.3 is 0 Å². The summed E-state index contributed by atoms with van der Waals surface area (Å²) < 4.78 is 5.60. The van der Waals surface area contributed by atoms with Gasteiger partial charge in [0.15, 0.2) is 5.96 Å². The van der Waals surface area contributed by atoms with E-state index < -0.39 is 4.92 Å². The first-order valence-corrected chi connectivity index (χ1v) is 7.98. The van der Waals surface area contributed by atoms with Gasteiger partial charge in [-0.3, -0.25) is 15.1 Å². The van der Waals surface area contributed by atoms with Crippen molar-refractivity contribution < 1.29 is 9.66 Å². The Morgan fingerprint density at radius 2 is 1.88 bits per heavy atom. The number of nitro groups is 1. The van der Waals surface area contributed by atoms with E-state index in [2.05, 4.69) is 15.6 Å². The second kappa shape index (κ2) is 10.0. The van der Waals surface area contributed by atoms with E-state index in [4.69, 9.17) is 4.74 Å². The third-order valence-corrected chi connectivity index (χ3v) is 3.46. The predicted octanol–water partition coefficient (Wildman–Crippen LogP) is 2.48. The Balaban J connectivity index is 1.68. The summed E-state index contributed by atoms with van der Waals surface area (Å²) in [6, 6.07) is 16.5. The normalized spacial score (nSPS) is 11.2. The fourth-order valence-corrected chi connectivity index (χ4v) is 2.19. The summed E-state index contributed by atoms with van der Waals surface area (Å²) in [5.74, 6) is 0.620. The maximum absolute atomic E-state index is 10.8. The molecule has 25 heavy (non-hydrogen) atoms. The number of guanidine groups is 1. The quantitative estimate of drug-likeness (QED) is 0.253. The zero-order valence-corrected chi connectivity index (χ0v) is 14.1. The molecule has 7 nitrogen and oxygen atoms in total. The van der Waals surface area contributed by atoms with Crippen LogP contribution in [-0.2, 0) is 17.9 Å². The summed E-state index contributed by atoms with van der Waals surface area (Å²) in [6.07, 6.45) is 0. The largest absolute Gasteiger partial charge is 0.375 e. The highest BCUT2D eigenvalue weighted by molar-refractivity contribution is 5.79. The van der Waals surface area contributed by atoms with Crippen molar-refractivity contribution in [3.63, 3.8) is 0 Å². The number of non-ortho nitro benzene ring substituents is 1. The molecule has 0 unspecified atom stereocenters. The van der Waals surface area contributed by atoms with Crippen molar-refractivity contribution in [2.24, 2.45) is 4.99 Å². The van der Waals surface area contributed by atoms with Gasteiger partial charge in [0, 0.05) is 32.3 Å². The topological polar surface area (TPSA) is 88.8 Å². The number of nitro benzene ring substituents is 1. The van der Waals surface area contributed by atoms with Gasteiger partial charge in [-0.25, -0.2) is 0 Å². The Hall–Kier alpha value is -2.93. The van der Waals surface area contributed by atoms with E-state index >= 15 is 0 Å². The lowest BCUT2D eigenvalue weighted by Crippen LogP contribution is -2.38. The van der Waals surface area contributed by atoms with Gasteiger partial charge in [0.2, 0.25) is 0 Å². The van der Waals surface area contributed by atoms with Gasteiger partial charge in [0.1, 0.15) is 0 Å². The van der Waals surface area contributed by atoms with E-state index in [1.54, 1.807) is 19.2 Å². The summed E-state index contributed by atoms with van der Waals surface area (Å²) in [5, 5.41) is 17.1. The molecule has 0 amide bonds. The minimum absolute atomic E-state index is 0.0801. The molecule has 2 rings (SSSR count). The standard InChI is InChI=1S/C18H22N4O3/c1-19-18(20-10-11-25-14-15-6-3-2-4-7-15)21-13-16-8-5-9-17(12-16)22(23)24/h2-9,12H,10-11,13-14H2,1H3,(H2,19,20,21). The predicted molar refractivity (Wildman–Crippen MR) is 97.4 cm³/mol. The molecule has 0 aromatic heterocycles. The Labute approximate surface area is 146 Å². The number of ether oxygens (including phenoxy) is 1. The molecule has 0 radical (unpaired) electrons. The minimum Gasteiger partial charge on any atom is -0.375 e. The average molecular weight is 342 g/mol. The van der Waals surface area contributed by atoms with Crippen molar-refractivity contribution in [2.75, 3.05) is 20.2 Å². The van der Waals surface area contributed by atoms with Crippen molar-refractivity contribution in [1.82, 2.24) is 10.6 Å². The van der Waals surface area contributed by atoms with Crippen LogP contribution in [0.4, 0.5) is 5.69 Å². The lowest BCUT2D eigenvalue weighted by molar-refractivity contribution is -0.384. The molecule has 0 saturated heterocycles. The maximum Gasteiger partial charge on any atom is 0.269 e. The number of nitrogens with zero attached hydrogens (tertiary/aromatic N) is 2. The van der Waals surface area contributed by atoms with Gasteiger partial charge < -0.3 is 15.4 Å². The first-order chi connectivity index (χ1) is 12.2. The molecule has 132 valence electrons. The average Bonchev–Trinajstić information content (AvgIpc) is 2.65.